The quantitative estimate of drug-likeness (QED) is 0.0261. The number of rotatable bonds is 64. The Morgan fingerprint density at radius 2 is 0.487 bits per heavy atom. The average Bonchev–Trinajstić information content (AvgIpc) is 3.46. The number of esters is 3. The predicted octanol–water partition coefficient (Wildman–Crippen LogP) is 24.1. The fraction of sp³-hybridized carbons (Fsp3) is 0.797. The van der Waals surface area contributed by atoms with Crippen LogP contribution in [0.3, 0.4) is 0 Å². The minimum Gasteiger partial charge on any atom is -0.462 e. The molecule has 0 fully saturated rings. The molecule has 0 saturated carbocycles. The third kappa shape index (κ3) is 65.7. The van der Waals surface area contributed by atoms with E-state index in [0.717, 1.165) is 89.9 Å². The van der Waals surface area contributed by atoms with Crippen LogP contribution in [0.2, 0.25) is 0 Å². The van der Waals surface area contributed by atoms with Gasteiger partial charge in [-0.2, -0.15) is 0 Å². The van der Waals surface area contributed by atoms with Crippen molar-refractivity contribution in [2.75, 3.05) is 13.2 Å². The normalized spacial score (nSPS) is 12.5. The Hall–Kier alpha value is -3.15. The van der Waals surface area contributed by atoms with E-state index in [-0.39, 0.29) is 31.1 Å². The highest BCUT2D eigenvalue weighted by Gasteiger charge is 2.19. The summed E-state index contributed by atoms with van der Waals surface area (Å²) in [6.07, 6.45) is 89.2. The van der Waals surface area contributed by atoms with Crippen molar-refractivity contribution in [1.29, 1.82) is 0 Å². The first-order chi connectivity index (χ1) is 39.5. The molecule has 6 heteroatoms. The Labute approximate surface area is 497 Å². The van der Waals surface area contributed by atoms with Gasteiger partial charge in [0.1, 0.15) is 13.2 Å². The predicted molar refractivity (Wildman–Crippen MR) is 348 cm³/mol. The third-order valence-electron chi connectivity index (χ3n) is 15.4. The van der Waals surface area contributed by atoms with Crippen molar-refractivity contribution in [2.45, 2.75) is 367 Å². The molecule has 0 bridgehead atoms. The van der Waals surface area contributed by atoms with Gasteiger partial charge in [-0.05, 0) is 89.9 Å². The Morgan fingerprint density at radius 1 is 0.263 bits per heavy atom. The minimum atomic E-state index is -0.775. The van der Waals surface area contributed by atoms with Gasteiger partial charge in [-0.3, -0.25) is 14.4 Å². The topological polar surface area (TPSA) is 78.9 Å². The van der Waals surface area contributed by atoms with Crippen LogP contribution in [0.4, 0.5) is 0 Å². The van der Waals surface area contributed by atoms with E-state index in [9.17, 15) is 14.4 Å². The number of hydrogen-bond donors (Lipinski definition) is 0. The molecule has 464 valence electrons. The van der Waals surface area contributed by atoms with E-state index >= 15 is 0 Å². The Balaban J connectivity index is 4.23. The first-order valence-corrected chi connectivity index (χ1v) is 34.9. The average molecular weight is 1120 g/mol. The SMILES string of the molecule is CC/C=C\C/C=C\C/C=C\C/C=C\CCCCCCCCCCCCCCCCC(=O)OCC(COC(=O)CCCCCCCCCCCCCC)OC(=O)CCCCCCCCCCCCC/C=C\C/C=C\CCCCCCC. The molecule has 0 aliphatic rings. The Morgan fingerprint density at radius 3 is 0.762 bits per heavy atom. The molecule has 0 aliphatic carbocycles. The maximum atomic E-state index is 12.9. The lowest BCUT2D eigenvalue weighted by Crippen LogP contribution is -2.30. The molecule has 1 atom stereocenters. The third-order valence-corrected chi connectivity index (χ3v) is 15.4. The lowest BCUT2D eigenvalue weighted by molar-refractivity contribution is -0.167. The molecular weight excluding hydrogens is 985 g/mol. The smallest absolute Gasteiger partial charge is 0.306 e. The summed E-state index contributed by atoms with van der Waals surface area (Å²) < 4.78 is 17.0. The lowest BCUT2D eigenvalue weighted by Gasteiger charge is -2.18. The monoisotopic (exact) mass is 1120 g/mol. The second-order valence-electron chi connectivity index (χ2n) is 23.4. The molecule has 0 heterocycles. The van der Waals surface area contributed by atoms with Crippen LogP contribution in [-0.2, 0) is 28.6 Å². The summed E-state index contributed by atoms with van der Waals surface area (Å²) in [5.74, 6) is -0.853. The van der Waals surface area contributed by atoms with Crippen LogP contribution in [0.5, 0.6) is 0 Å². The zero-order chi connectivity index (χ0) is 57.8. The zero-order valence-corrected chi connectivity index (χ0v) is 53.3. The number of allylic oxidation sites excluding steroid dienone is 12. The first kappa shape index (κ1) is 76.9. The van der Waals surface area contributed by atoms with Crippen molar-refractivity contribution in [3.8, 4) is 0 Å². The van der Waals surface area contributed by atoms with Crippen molar-refractivity contribution < 1.29 is 28.6 Å². The molecule has 0 amide bonds. The molecule has 0 spiro atoms. The maximum absolute atomic E-state index is 12.9. The number of carbonyl (C=O) groups is 3. The van der Waals surface area contributed by atoms with Crippen LogP contribution in [0.15, 0.2) is 72.9 Å². The van der Waals surface area contributed by atoms with E-state index < -0.39 is 6.10 Å². The van der Waals surface area contributed by atoms with Gasteiger partial charge in [-0.1, -0.05) is 325 Å². The molecule has 0 aromatic carbocycles. The van der Waals surface area contributed by atoms with Gasteiger partial charge < -0.3 is 14.2 Å². The fourth-order valence-electron chi connectivity index (χ4n) is 10.2. The summed E-state index contributed by atoms with van der Waals surface area (Å²) in [4.78, 5) is 38.4. The summed E-state index contributed by atoms with van der Waals surface area (Å²) in [7, 11) is 0. The van der Waals surface area contributed by atoms with Crippen molar-refractivity contribution in [3.05, 3.63) is 72.9 Å². The summed E-state index contributed by atoms with van der Waals surface area (Å²) >= 11 is 0. The maximum Gasteiger partial charge on any atom is 0.306 e. The summed E-state index contributed by atoms with van der Waals surface area (Å²) in [6.45, 7) is 6.56. The van der Waals surface area contributed by atoms with Gasteiger partial charge >= 0.3 is 17.9 Å². The van der Waals surface area contributed by atoms with Crippen LogP contribution >= 0.6 is 0 Å². The van der Waals surface area contributed by atoms with Gasteiger partial charge in [0.25, 0.3) is 0 Å². The number of carbonyl (C=O) groups excluding carboxylic acids is 3. The first-order valence-electron chi connectivity index (χ1n) is 34.9. The summed E-state index contributed by atoms with van der Waals surface area (Å²) in [5, 5.41) is 0. The van der Waals surface area contributed by atoms with E-state index in [0.29, 0.717) is 19.3 Å². The highest BCUT2D eigenvalue weighted by molar-refractivity contribution is 5.71. The standard InChI is InChI=1S/C74H132O6/c1-4-7-10-13-16-19-22-25-27-29-31-33-35-36-37-38-40-41-43-45-47-49-52-55-58-61-64-67-73(76)79-70-71(69-78-72(75)66-63-60-57-54-51-24-21-18-15-12-9-6-3)80-74(77)68-65-62-59-56-53-50-48-46-44-42-39-34-32-30-28-26-23-20-17-14-11-8-5-2/h7,10,16,19,23,25-27,30-33,71H,4-6,8-9,11-15,17-18,20-22,24,28-29,34-70H2,1-3H3/b10-7-,19-16-,26-23-,27-25-,32-30-,33-31-. The van der Waals surface area contributed by atoms with Crippen molar-refractivity contribution in [1.82, 2.24) is 0 Å². The van der Waals surface area contributed by atoms with Crippen LogP contribution in [0.1, 0.15) is 361 Å². The highest BCUT2D eigenvalue weighted by atomic mass is 16.6. The number of unbranched alkanes of at least 4 members (excludes halogenated alkanes) is 41. The fourth-order valence-corrected chi connectivity index (χ4v) is 10.2. The van der Waals surface area contributed by atoms with Gasteiger partial charge in [-0.25, -0.2) is 0 Å². The van der Waals surface area contributed by atoms with Crippen LogP contribution in [0, 0.1) is 0 Å². The molecule has 0 N–H and O–H groups in total. The molecule has 0 saturated heterocycles. The molecule has 0 radical (unpaired) electrons. The van der Waals surface area contributed by atoms with E-state index in [2.05, 4.69) is 93.7 Å². The summed E-state index contributed by atoms with van der Waals surface area (Å²) in [6, 6.07) is 0. The van der Waals surface area contributed by atoms with E-state index in [1.807, 2.05) is 0 Å². The molecule has 1 unspecified atom stereocenters. The molecular formula is C74H132O6. The van der Waals surface area contributed by atoms with Gasteiger partial charge in [0.05, 0.1) is 0 Å². The van der Waals surface area contributed by atoms with Crippen molar-refractivity contribution >= 4 is 17.9 Å². The molecule has 6 nitrogen and oxygen atoms in total. The second kappa shape index (κ2) is 68.3. The van der Waals surface area contributed by atoms with Crippen molar-refractivity contribution in [2.24, 2.45) is 0 Å². The van der Waals surface area contributed by atoms with Crippen LogP contribution < -0.4 is 0 Å². The van der Waals surface area contributed by atoms with Crippen molar-refractivity contribution in [3.63, 3.8) is 0 Å². The molecule has 0 aromatic rings. The second-order valence-corrected chi connectivity index (χ2v) is 23.4. The minimum absolute atomic E-state index is 0.0713. The van der Waals surface area contributed by atoms with Gasteiger partial charge in [0, 0.05) is 19.3 Å². The summed E-state index contributed by atoms with van der Waals surface area (Å²) in [5.41, 5.74) is 0. The number of ether oxygens (including phenoxy) is 3. The number of hydrogen-bond acceptors (Lipinski definition) is 6. The van der Waals surface area contributed by atoms with Crippen LogP contribution in [-0.4, -0.2) is 37.2 Å². The Bertz CT molecular complexity index is 1470. The molecule has 0 rings (SSSR count). The van der Waals surface area contributed by atoms with E-state index in [1.165, 1.54) is 231 Å². The molecule has 0 aliphatic heterocycles. The highest BCUT2D eigenvalue weighted by Crippen LogP contribution is 2.18. The van der Waals surface area contributed by atoms with Gasteiger partial charge in [0.2, 0.25) is 0 Å². The molecule has 0 aromatic heterocycles. The van der Waals surface area contributed by atoms with Crippen LogP contribution in [0.25, 0.3) is 0 Å². The lowest BCUT2D eigenvalue weighted by atomic mass is 10.0. The molecule has 80 heavy (non-hydrogen) atoms. The van der Waals surface area contributed by atoms with Gasteiger partial charge in [0.15, 0.2) is 6.10 Å². The Kier molecular flexibility index (Phi) is 65.7. The van der Waals surface area contributed by atoms with E-state index in [4.69, 9.17) is 14.2 Å². The van der Waals surface area contributed by atoms with Gasteiger partial charge in [-0.15, -0.1) is 0 Å². The largest absolute Gasteiger partial charge is 0.462 e. The zero-order valence-electron chi connectivity index (χ0n) is 53.3. The van der Waals surface area contributed by atoms with E-state index in [1.54, 1.807) is 0 Å².